The Morgan fingerprint density at radius 2 is 1.78 bits per heavy atom. The second kappa shape index (κ2) is 9.34. The summed E-state index contributed by atoms with van der Waals surface area (Å²) in [6.45, 7) is 5.66. The molecule has 0 bridgehead atoms. The molecular weight excluding hydrogens is 262 g/mol. The van der Waals surface area contributed by atoms with Gasteiger partial charge < -0.3 is 4.90 Å². The van der Waals surface area contributed by atoms with Crippen LogP contribution in [-0.2, 0) is 0 Å². The average molecular weight is 283 g/mol. The van der Waals surface area contributed by atoms with Gasteiger partial charge in [0.25, 0.3) is 5.24 Å². The molecular formula is C14H21NOS2. The highest BCUT2D eigenvalue weighted by Gasteiger charge is 2.08. The second-order valence-corrected chi connectivity index (χ2v) is 6.02. The zero-order valence-corrected chi connectivity index (χ0v) is 12.7. The van der Waals surface area contributed by atoms with Gasteiger partial charge in [-0.05, 0) is 38.2 Å². The molecule has 0 unspecified atom stereocenters. The molecule has 1 aromatic carbocycles. The first-order chi connectivity index (χ1) is 8.77. The van der Waals surface area contributed by atoms with Crippen LogP contribution in [0.15, 0.2) is 35.2 Å². The molecule has 0 saturated carbocycles. The lowest BCUT2D eigenvalue weighted by atomic mass is 10.4. The molecule has 0 N–H and O–H groups in total. The van der Waals surface area contributed by atoms with E-state index in [4.69, 9.17) is 0 Å². The molecule has 18 heavy (non-hydrogen) atoms. The predicted octanol–water partition coefficient (Wildman–Crippen LogP) is 4.36. The van der Waals surface area contributed by atoms with Gasteiger partial charge in [0.2, 0.25) is 0 Å². The lowest BCUT2D eigenvalue weighted by Crippen LogP contribution is -2.27. The molecule has 1 aromatic rings. The summed E-state index contributed by atoms with van der Waals surface area (Å²) in [5, 5.41) is 0.213. The first-order valence-corrected chi connectivity index (χ1v) is 8.34. The summed E-state index contributed by atoms with van der Waals surface area (Å²) in [7, 11) is 0. The van der Waals surface area contributed by atoms with E-state index in [2.05, 4.69) is 24.3 Å². The van der Waals surface area contributed by atoms with Gasteiger partial charge in [0.05, 0.1) is 0 Å². The first kappa shape index (κ1) is 15.4. The number of thioether (sulfide) groups is 2. The van der Waals surface area contributed by atoms with Gasteiger partial charge in [0, 0.05) is 23.7 Å². The highest BCUT2D eigenvalue weighted by atomic mass is 32.2. The summed E-state index contributed by atoms with van der Waals surface area (Å²) in [6, 6.07) is 10.4. The van der Waals surface area contributed by atoms with Crippen molar-refractivity contribution in [1.29, 1.82) is 0 Å². The van der Waals surface area contributed by atoms with Crippen LogP contribution >= 0.6 is 23.5 Å². The maximum absolute atomic E-state index is 11.7. The molecule has 100 valence electrons. The number of amides is 1. The Labute approximate surface area is 119 Å². The van der Waals surface area contributed by atoms with Gasteiger partial charge in [-0.2, -0.15) is 0 Å². The zero-order valence-electron chi connectivity index (χ0n) is 11.1. The van der Waals surface area contributed by atoms with Crippen molar-refractivity contribution in [1.82, 2.24) is 4.90 Å². The standard InChI is InChI=1S/C14H21NOS2/c1-3-15(4-2)14(16)18-12-8-11-17-13-9-6-5-7-10-13/h5-7,9-10H,3-4,8,11-12H2,1-2H3. The molecule has 0 radical (unpaired) electrons. The summed E-state index contributed by atoms with van der Waals surface area (Å²) in [5.74, 6) is 1.98. The van der Waals surface area contributed by atoms with Crippen LogP contribution in [0.4, 0.5) is 4.79 Å². The Kier molecular flexibility index (Phi) is 8.01. The van der Waals surface area contributed by atoms with Crippen LogP contribution in [0.1, 0.15) is 20.3 Å². The van der Waals surface area contributed by atoms with Gasteiger partial charge in [-0.1, -0.05) is 30.0 Å². The van der Waals surface area contributed by atoms with Crippen molar-refractivity contribution >= 4 is 28.8 Å². The van der Waals surface area contributed by atoms with Gasteiger partial charge in [-0.15, -0.1) is 11.8 Å². The molecule has 1 amide bonds. The minimum atomic E-state index is 0.213. The molecule has 1 rings (SSSR count). The molecule has 2 nitrogen and oxygen atoms in total. The van der Waals surface area contributed by atoms with Crippen LogP contribution in [-0.4, -0.2) is 34.7 Å². The van der Waals surface area contributed by atoms with E-state index in [-0.39, 0.29) is 5.24 Å². The summed E-state index contributed by atoms with van der Waals surface area (Å²) >= 11 is 3.30. The molecule has 0 heterocycles. The third-order valence-corrected chi connectivity index (χ3v) is 4.64. The highest BCUT2D eigenvalue weighted by Crippen LogP contribution is 2.19. The second-order valence-electron chi connectivity index (χ2n) is 3.80. The van der Waals surface area contributed by atoms with Crippen LogP contribution in [0.3, 0.4) is 0 Å². The van der Waals surface area contributed by atoms with E-state index in [1.807, 2.05) is 36.6 Å². The fourth-order valence-corrected chi connectivity index (χ4v) is 3.46. The van der Waals surface area contributed by atoms with Crippen molar-refractivity contribution in [3.63, 3.8) is 0 Å². The van der Waals surface area contributed by atoms with Crippen molar-refractivity contribution in [3.05, 3.63) is 30.3 Å². The highest BCUT2D eigenvalue weighted by molar-refractivity contribution is 8.13. The molecule has 0 aliphatic carbocycles. The van der Waals surface area contributed by atoms with Crippen molar-refractivity contribution in [3.8, 4) is 0 Å². The third kappa shape index (κ3) is 5.83. The van der Waals surface area contributed by atoms with Gasteiger partial charge in [-0.25, -0.2) is 0 Å². The Hall–Kier alpha value is -0.610. The first-order valence-electron chi connectivity index (χ1n) is 6.37. The summed E-state index contributed by atoms with van der Waals surface area (Å²) in [4.78, 5) is 14.9. The molecule has 0 fully saturated rings. The van der Waals surface area contributed by atoms with Crippen LogP contribution in [0.25, 0.3) is 0 Å². The molecule has 4 heteroatoms. The minimum absolute atomic E-state index is 0.213. The lowest BCUT2D eigenvalue weighted by molar-refractivity contribution is 0.228. The summed E-state index contributed by atoms with van der Waals surface area (Å²) < 4.78 is 0. The predicted molar refractivity (Wildman–Crippen MR) is 82.6 cm³/mol. The van der Waals surface area contributed by atoms with E-state index >= 15 is 0 Å². The van der Waals surface area contributed by atoms with Gasteiger partial charge in [0.1, 0.15) is 0 Å². The van der Waals surface area contributed by atoms with Crippen molar-refractivity contribution in [2.45, 2.75) is 25.2 Å². The van der Waals surface area contributed by atoms with E-state index in [0.717, 1.165) is 31.0 Å². The number of hydrogen-bond donors (Lipinski definition) is 0. The fourth-order valence-electron chi connectivity index (χ4n) is 1.50. The summed E-state index contributed by atoms with van der Waals surface area (Å²) in [5.41, 5.74) is 0. The summed E-state index contributed by atoms with van der Waals surface area (Å²) in [6.07, 6.45) is 1.07. The Morgan fingerprint density at radius 3 is 2.39 bits per heavy atom. The molecule has 0 saturated heterocycles. The largest absolute Gasteiger partial charge is 0.334 e. The average Bonchev–Trinajstić information content (AvgIpc) is 2.41. The smallest absolute Gasteiger partial charge is 0.281 e. The molecule has 0 aliphatic rings. The van der Waals surface area contributed by atoms with E-state index in [9.17, 15) is 4.79 Å². The minimum Gasteiger partial charge on any atom is -0.334 e. The molecule has 0 spiro atoms. The number of rotatable bonds is 7. The Bertz CT molecular complexity index is 339. The topological polar surface area (TPSA) is 20.3 Å². The van der Waals surface area contributed by atoms with E-state index in [1.54, 1.807) is 0 Å². The fraction of sp³-hybridized carbons (Fsp3) is 0.500. The normalized spacial score (nSPS) is 10.3. The third-order valence-electron chi connectivity index (χ3n) is 2.55. The SMILES string of the molecule is CCN(CC)C(=O)SCCCSc1ccccc1. The number of carbonyl (C=O) groups excluding carboxylic acids is 1. The maximum atomic E-state index is 11.7. The van der Waals surface area contributed by atoms with Gasteiger partial charge >= 0.3 is 0 Å². The van der Waals surface area contributed by atoms with Crippen molar-refractivity contribution < 1.29 is 4.79 Å². The van der Waals surface area contributed by atoms with E-state index in [1.165, 1.54) is 16.7 Å². The maximum Gasteiger partial charge on any atom is 0.281 e. The number of carbonyl (C=O) groups is 1. The van der Waals surface area contributed by atoms with Crippen LogP contribution in [0.2, 0.25) is 0 Å². The number of nitrogens with zero attached hydrogens (tertiary/aromatic N) is 1. The number of hydrogen-bond acceptors (Lipinski definition) is 3. The van der Waals surface area contributed by atoms with Crippen LogP contribution in [0, 0.1) is 0 Å². The Morgan fingerprint density at radius 1 is 1.11 bits per heavy atom. The van der Waals surface area contributed by atoms with Gasteiger partial charge in [-0.3, -0.25) is 4.79 Å². The van der Waals surface area contributed by atoms with E-state index < -0.39 is 0 Å². The molecule has 0 aromatic heterocycles. The monoisotopic (exact) mass is 283 g/mol. The Balaban J connectivity index is 2.10. The van der Waals surface area contributed by atoms with Crippen LogP contribution in [0.5, 0.6) is 0 Å². The zero-order chi connectivity index (χ0) is 13.2. The lowest BCUT2D eigenvalue weighted by Gasteiger charge is -2.17. The molecule has 0 aliphatic heterocycles. The number of benzene rings is 1. The molecule has 0 atom stereocenters. The van der Waals surface area contributed by atoms with Crippen molar-refractivity contribution in [2.24, 2.45) is 0 Å². The van der Waals surface area contributed by atoms with Crippen molar-refractivity contribution in [2.75, 3.05) is 24.6 Å². The quantitative estimate of drug-likeness (QED) is 0.547. The van der Waals surface area contributed by atoms with E-state index in [0.29, 0.717) is 0 Å². The van der Waals surface area contributed by atoms with Gasteiger partial charge in [0.15, 0.2) is 0 Å². The van der Waals surface area contributed by atoms with Crippen LogP contribution < -0.4 is 0 Å².